The third-order valence-corrected chi connectivity index (χ3v) is 3.05. The Morgan fingerprint density at radius 1 is 0.944 bits per heavy atom. The van der Waals surface area contributed by atoms with Crippen molar-refractivity contribution in [2.45, 2.75) is 0 Å². The highest BCUT2D eigenvalue weighted by Gasteiger charge is 2.07. The van der Waals surface area contributed by atoms with Crippen LogP contribution in [-0.2, 0) is 0 Å². The zero-order chi connectivity index (χ0) is 12.5. The van der Waals surface area contributed by atoms with Gasteiger partial charge in [0.2, 0.25) is 5.28 Å². The third kappa shape index (κ3) is 1.69. The van der Waals surface area contributed by atoms with Crippen molar-refractivity contribution < 1.29 is 0 Å². The van der Waals surface area contributed by atoms with E-state index in [2.05, 4.69) is 4.98 Å². The Kier molecular flexibility index (Phi) is 2.61. The Balaban J connectivity index is 2.41. The summed E-state index contributed by atoms with van der Waals surface area (Å²) < 4.78 is 1.63. The molecule has 0 aliphatic heterocycles. The van der Waals surface area contributed by atoms with Gasteiger partial charge in [0, 0.05) is 11.1 Å². The van der Waals surface area contributed by atoms with E-state index in [9.17, 15) is 0 Å². The summed E-state index contributed by atoms with van der Waals surface area (Å²) in [6.45, 7) is 0. The summed E-state index contributed by atoms with van der Waals surface area (Å²) in [6.07, 6.45) is 0. The molecule has 88 valence electrons. The van der Waals surface area contributed by atoms with Gasteiger partial charge in [0.05, 0.1) is 5.52 Å². The Morgan fingerprint density at radius 3 is 2.39 bits per heavy atom. The van der Waals surface area contributed by atoms with Crippen LogP contribution in [0.1, 0.15) is 0 Å². The average molecular weight is 256 g/mol. The van der Waals surface area contributed by atoms with Gasteiger partial charge in [-0.25, -0.2) is 4.98 Å². The average Bonchev–Trinajstić information content (AvgIpc) is 2.40. The van der Waals surface area contributed by atoms with E-state index in [1.54, 1.807) is 4.57 Å². The van der Waals surface area contributed by atoms with Crippen LogP contribution in [-0.4, -0.2) is 9.55 Å². The Labute approximate surface area is 109 Å². The van der Waals surface area contributed by atoms with Crippen molar-refractivity contribution in [3.05, 3.63) is 65.4 Å². The molecule has 3 nitrogen and oxygen atoms in total. The fourth-order valence-corrected chi connectivity index (χ4v) is 2.22. The highest BCUT2D eigenvalue weighted by Crippen LogP contribution is 2.15. The zero-order valence-electron chi connectivity index (χ0n) is 9.47. The van der Waals surface area contributed by atoms with E-state index in [-0.39, 0.29) is 0 Å². The Hall–Kier alpha value is -2.13. The Morgan fingerprint density at radius 2 is 1.61 bits per heavy atom. The molecule has 0 aliphatic rings. The highest BCUT2D eigenvalue weighted by atomic mass is 35.5. The van der Waals surface area contributed by atoms with Gasteiger partial charge in [0.25, 0.3) is 0 Å². The van der Waals surface area contributed by atoms with Gasteiger partial charge in [-0.05, 0) is 35.9 Å². The maximum atomic E-state index is 8.26. The fraction of sp³-hybridized carbons (Fsp3) is 0. The standard InChI is InChI=1S/C14H10ClN3/c15-14-17-12-9-5-4-8-11(12)13(16)18(14)10-6-2-1-3-7-10/h1-9,16H. The number of aromatic nitrogens is 2. The smallest absolute Gasteiger partial charge is 0.209 e. The lowest BCUT2D eigenvalue weighted by Crippen LogP contribution is -2.20. The summed E-state index contributed by atoms with van der Waals surface area (Å²) in [5.41, 5.74) is 1.92. The van der Waals surface area contributed by atoms with Crippen LogP contribution in [0.3, 0.4) is 0 Å². The van der Waals surface area contributed by atoms with Crippen molar-refractivity contribution in [3.63, 3.8) is 0 Å². The van der Waals surface area contributed by atoms with E-state index in [4.69, 9.17) is 17.0 Å². The van der Waals surface area contributed by atoms with Crippen molar-refractivity contribution >= 4 is 22.5 Å². The molecule has 0 fully saturated rings. The van der Waals surface area contributed by atoms with Gasteiger partial charge in [0.1, 0.15) is 5.49 Å². The third-order valence-electron chi connectivity index (χ3n) is 2.79. The second kappa shape index (κ2) is 4.27. The number of fused-ring (bicyclic) bond motifs is 1. The lowest BCUT2D eigenvalue weighted by atomic mass is 10.2. The number of halogens is 1. The number of benzene rings is 2. The van der Waals surface area contributed by atoms with E-state index >= 15 is 0 Å². The molecular formula is C14H10ClN3. The second-order valence-electron chi connectivity index (χ2n) is 3.92. The minimum absolute atomic E-state index is 0.296. The summed E-state index contributed by atoms with van der Waals surface area (Å²) >= 11 is 6.17. The molecular weight excluding hydrogens is 246 g/mol. The topological polar surface area (TPSA) is 41.7 Å². The van der Waals surface area contributed by atoms with Gasteiger partial charge in [-0.1, -0.05) is 30.3 Å². The first-order chi connectivity index (χ1) is 8.77. The zero-order valence-corrected chi connectivity index (χ0v) is 10.2. The van der Waals surface area contributed by atoms with E-state index in [1.165, 1.54) is 0 Å². The summed E-state index contributed by atoms with van der Waals surface area (Å²) in [5.74, 6) is 0. The molecule has 3 aromatic rings. The summed E-state index contributed by atoms with van der Waals surface area (Å²) in [5, 5.41) is 9.34. The van der Waals surface area contributed by atoms with Gasteiger partial charge in [-0.3, -0.25) is 9.98 Å². The molecule has 1 aromatic heterocycles. The van der Waals surface area contributed by atoms with Gasteiger partial charge in [-0.2, -0.15) is 0 Å². The minimum atomic E-state index is 0.296. The Bertz CT molecular complexity index is 763. The first-order valence-corrected chi connectivity index (χ1v) is 5.92. The number of nitrogens with one attached hydrogen (secondary N) is 1. The van der Waals surface area contributed by atoms with Crippen molar-refractivity contribution in [3.8, 4) is 5.69 Å². The molecule has 0 saturated carbocycles. The molecule has 1 N–H and O–H groups in total. The molecule has 0 atom stereocenters. The van der Waals surface area contributed by atoms with Crippen molar-refractivity contribution in [2.24, 2.45) is 0 Å². The van der Waals surface area contributed by atoms with Crippen molar-refractivity contribution in [1.82, 2.24) is 9.55 Å². The van der Waals surface area contributed by atoms with Gasteiger partial charge < -0.3 is 0 Å². The molecule has 4 heteroatoms. The van der Waals surface area contributed by atoms with Crippen LogP contribution in [0.4, 0.5) is 0 Å². The normalized spacial score (nSPS) is 10.7. The van der Waals surface area contributed by atoms with Crippen LogP contribution >= 0.6 is 11.6 Å². The number of rotatable bonds is 1. The van der Waals surface area contributed by atoms with E-state index in [0.29, 0.717) is 10.8 Å². The van der Waals surface area contributed by atoms with E-state index in [0.717, 1.165) is 16.6 Å². The van der Waals surface area contributed by atoms with Crippen LogP contribution in [0.15, 0.2) is 54.6 Å². The molecule has 18 heavy (non-hydrogen) atoms. The first-order valence-electron chi connectivity index (χ1n) is 5.55. The molecule has 3 rings (SSSR count). The number of hydrogen-bond donors (Lipinski definition) is 1. The molecule has 0 bridgehead atoms. The molecule has 1 heterocycles. The lowest BCUT2D eigenvalue weighted by Gasteiger charge is -2.10. The molecule has 0 aliphatic carbocycles. The molecule has 0 spiro atoms. The highest BCUT2D eigenvalue weighted by molar-refractivity contribution is 6.29. The van der Waals surface area contributed by atoms with E-state index in [1.807, 2.05) is 54.6 Å². The predicted octanol–water partition coefficient (Wildman–Crippen LogP) is 3.16. The van der Waals surface area contributed by atoms with Crippen molar-refractivity contribution in [1.29, 1.82) is 5.41 Å². The summed E-state index contributed by atoms with van der Waals surface area (Å²) in [7, 11) is 0. The molecule has 0 unspecified atom stereocenters. The van der Waals surface area contributed by atoms with Crippen LogP contribution in [0, 0.1) is 5.41 Å². The van der Waals surface area contributed by atoms with Crippen LogP contribution in [0.5, 0.6) is 0 Å². The quantitative estimate of drug-likeness (QED) is 0.667. The molecule has 0 amide bonds. The largest absolute Gasteiger partial charge is 0.283 e. The maximum absolute atomic E-state index is 8.26. The number of para-hydroxylation sites is 2. The van der Waals surface area contributed by atoms with Crippen molar-refractivity contribution in [2.75, 3.05) is 0 Å². The lowest BCUT2D eigenvalue weighted by molar-refractivity contribution is 0.912. The maximum Gasteiger partial charge on any atom is 0.209 e. The minimum Gasteiger partial charge on any atom is -0.283 e. The SMILES string of the molecule is N=c1c2ccccc2nc(Cl)n1-c1ccccc1. The van der Waals surface area contributed by atoms with E-state index < -0.39 is 0 Å². The molecule has 2 aromatic carbocycles. The summed E-state index contributed by atoms with van der Waals surface area (Å²) in [6, 6.07) is 17.1. The second-order valence-corrected chi connectivity index (χ2v) is 4.26. The molecule has 0 radical (unpaired) electrons. The predicted molar refractivity (Wildman–Crippen MR) is 71.9 cm³/mol. The molecule has 0 saturated heterocycles. The van der Waals surface area contributed by atoms with Gasteiger partial charge in [0.15, 0.2) is 0 Å². The number of nitrogens with zero attached hydrogens (tertiary/aromatic N) is 2. The van der Waals surface area contributed by atoms with Crippen LogP contribution < -0.4 is 5.49 Å². The first kappa shape index (κ1) is 11.0. The van der Waals surface area contributed by atoms with Gasteiger partial charge >= 0.3 is 0 Å². The summed E-state index contributed by atoms with van der Waals surface area (Å²) in [4.78, 5) is 4.32. The fourth-order valence-electron chi connectivity index (χ4n) is 1.95. The van der Waals surface area contributed by atoms with Crippen LogP contribution in [0.25, 0.3) is 16.6 Å². The van der Waals surface area contributed by atoms with Gasteiger partial charge in [-0.15, -0.1) is 0 Å². The number of hydrogen-bond acceptors (Lipinski definition) is 2. The van der Waals surface area contributed by atoms with Crippen LogP contribution in [0.2, 0.25) is 5.28 Å². The monoisotopic (exact) mass is 255 g/mol.